The summed E-state index contributed by atoms with van der Waals surface area (Å²) >= 11 is 0. The number of hydrogen-bond acceptors (Lipinski definition) is 9. The predicted molar refractivity (Wildman–Crippen MR) is 141 cm³/mol. The molecule has 0 amide bonds. The minimum atomic E-state index is -0.777. The molecule has 0 fully saturated rings. The van der Waals surface area contributed by atoms with Crippen LogP contribution in [0.3, 0.4) is 0 Å². The second-order valence-electron chi connectivity index (χ2n) is 8.02. The first-order chi connectivity index (χ1) is 18.9. The Morgan fingerprint density at radius 2 is 1.49 bits per heavy atom. The Balaban J connectivity index is 1.81. The second kappa shape index (κ2) is 12.0. The van der Waals surface area contributed by atoms with Crippen molar-refractivity contribution in [1.29, 1.82) is 0 Å². The van der Waals surface area contributed by atoms with E-state index in [1.807, 2.05) is 6.07 Å². The van der Waals surface area contributed by atoms with Crippen LogP contribution in [-0.4, -0.2) is 55.6 Å². The summed E-state index contributed by atoms with van der Waals surface area (Å²) in [7, 11) is 3.96. The van der Waals surface area contributed by atoms with Crippen molar-refractivity contribution in [2.75, 3.05) is 27.9 Å². The molecular formula is C29H26N2O8. The zero-order chi connectivity index (χ0) is 27.9. The molecule has 4 aromatic rings. The lowest BCUT2D eigenvalue weighted by molar-refractivity contribution is 0.0549. The number of para-hydroxylation sites is 1. The smallest absolute Gasteiger partial charge is 0.357 e. The van der Waals surface area contributed by atoms with E-state index in [2.05, 4.69) is 5.10 Å². The number of carbonyl (C=O) groups excluding carboxylic acids is 3. The highest BCUT2D eigenvalue weighted by Crippen LogP contribution is 2.36. The number of carbonyl (C=O) groups is 3. The molecule has 0 bridgehead atoms. The van der Waals surface area contributed by atoms with Gasteiger partial charge in [0.15, 0.2) is 17.2 Å². The summed E-state index contributed by atoms with van der Waals surface area (Å²) in [6, 6.07) is 20.0. The maximum Gasteiger partial charge on any atom is 0.357 e. The van der Waals surface area contributed by atoms with Crippen molar-refractivity contribution < 1.29 is 38.1 Å². The first-order valence-corrected chi connectivity index (χ1v) is 11.9. The van der Waals surface area contributed by atoms with Gasteiger partial charge >= 0.3 is 17.9 Å². The number of benzene rings is 3. The molecular weight excluding hydrogens is 504 g/mol. The van der Waals surface area contributed by atoms with E-state index in [9.17, 15) is 14.4 Å². The molecule has 0 radical (unpaired) electrons. The van der Waals surface area contributed by atoms with Crippen LogP contribution in [-0.2, 0) is 9.47 Å². The number of hydrogen-bond donors (Lipinski definition) is 0. The summed E-state index contributed by atoms with van der Waals surface area (Å²) in [5.41, 5.74) is 1.24. The highest BCUT2D eigenvalue weighted by atomic mass is 16.6. The topological polar surface area (TPSA) is 115 Å². The molecule has 10 nitrogen and oxygen atoms in total. The van der Waals surface area contributed by atoms with Crippen molar-refractivity contribution in [3.8, 4) is 34.2 Å². The van der Waals surface area contributed by atoms with Crippen LogP contribution in [0.4, 0.5) is 0 Å². The van der Waals surface area contributed by atoms with E-state index in [1.54, 1.807) is 67.6 Å². The number of aromatic nitrogens is 2. The van der Waals surface area contributed by atoms with Crippen molar-refractivity contribution in [1.82, 2.24) is 9.78 Å². The third-order valence-electron chi connectivity index (χ3n) is 5.70. The fourth-order valence-electron chi connectivity index (χ4n) is 3.85. The average molecular weight is 531 g/mol. The number of methoxy groups -OCH3 is 3. The lowest BCUT2D eigenvalue weighted by Gasteiger charge is -2.12. The van der Waals surface area contributed by atoms with E-state index < -0.39 is 17.9 Å². The number of ether oxygens (including phenoxy) is 5. The van der Waals surface area contributed by atoms with Gasteiger partial charge in [-0.3, -0.25) is 0 Å². The maximum absolute atomic E-state index is 12.9. The summed E-state index contributed by atoms with van der Waals surface area (Å²) in [5, 5.41) is 4.58. The Labute approximate surface area is 224 Å². The second-order valence-corrected chi connectivity index (χ2v) is 8.02. The van der Waals surface area contributed by atoms with Crippen molar-refractivity contribution in [2.24, 2.45) is 0 Å². The number of rotatable bonds is 9. The quantitative estimate of drug-likeness (QED) is 0.224. The van der Waals surface area contributed by atoms with Crippen LogP contribution in [0, 0.1) is 0 Å². The third kappa shape index (κ3) is 5.59. The fourth-order valence-corrected chi connectivity index (χ4v) is 3.85. The summed E-state index contributed by atoms with van der Waals surface area (Å²) < 4.78 is 27.8. The summed E-state index contributed by atoms with van der Waals surface area (Å²) in [6.07, 6.45) is 0. The Bertz CT molecular complexity index is 1490. The highest BCUT2D eigenvalue weighted by Gasteiger charge is 2.31. The summed E-state index contributed by atoms with van der Waals surface area (Å²) in [5.74, 6) is -1.14. The van der Waals surface area contributed by atoms with Gasteiger partial charge in [0.05, 0.1) is 39.2 Å². The molecule has 0 aliphatic heterocycles. The minimum Gasteiger partial charge on any atom is -0.497 e. The van der Waals surface area contributed by atoms with Gasteiger partial charge in [0.1, 0.15) is 17.0 Å². The van der Waals surface area contributed by atoms with Crippen LogP contribution in [0.1, 0.15) is 38.1 Å². The monoisotopic (exact) mass is 530 g/mol. The van der Waals surface area contributed by atoms with Gasteiger partial charge in [-0.25, -0.2) is 19.1 Å². The van der Waals surface area contributed by atoms with Crippen molar-refractivity contribution in [3.63, 3.8) is 0 Å². The Morgan fingerprint density at radius 1 is 0.795 bits per heavy atom. The number of esters is 3. The van der Waals surface area contributed by atoms with Gasteiger partial charge in [-0.2, -0.15) is 5.10 Å². The van der Waals surface area contributed by atoms with E-state index in [-0.39, 0.29) is 35.1 Å². The molecule has 0 aliphatic carbocycles. The van der Waals surface area contributed by atoms with Crippen LogP contribution >= 0.6 is 0 Å². The van der Waals surface area contributed by atoms with Gasteiger partial charge in [0.2, 0.25) is 0 Å². The highest BCUT2D eigenvalue weighted by molar-refractivity contribution is 6.07. The third-order valence-corrected chi connectivity index (χ3v) is 5.70. The summed E-state index contributed by atoms with van der Waals surface area (Å²) in [6.45, 7) is 2.05. The molecule has 1 heterocycles. The Kier molecular flexibility index (Phi) is 8.25. The van der Waals surface area contributed by atoms with Gasteiger partial charge in [-0.1, -0.05) is 18.2 Å². The molecule has 4 rings (SSSR count). The molecule has 39 heavy (non-hydrogen) atoms. The summed E-state index contributed by atoms with van der Waals surface area (Å²) in [4.78, 5) is 38.5. The van der Waals surface area contributed by atoms with Gasteiger partial charge in [0.25, 0.3) is 0 Å². The molecule has 0 atom stereocenters. The van der Waals surface area contributed by atoms with E-state index in [0.717, 1.165) is 0 Å². The van der Waals surface area contributed by atoms with E-state index in [1.165, 1.54) is 32.1 Å². The standard InChI is InChI=1S/C29H26N2O8/c1-5-38-23-17-19(13-16-22(23)39-27(32)18-11-14-21(35-2)15-12-18)25-24(28(33)36-3)26(29(34)37-4)31(30-25)20-9-7-6-8-10-20/h6-17H,5H2,1-4H3. The van der Waals surface area contributed by atoms with Crippen LogP contribution in [0.25, 0.3) is 16.9 Å². The molecule has 0 unspecified atom stereocenters. The van der Waals surface area contributed by atoms with E-state index in [4.69, 9.17) is 23.7 Å². The van der Waals surface area contributed by atoms with Gasteiger partial charge in [0, 0.05) is 5.56 Å². The molecule has 10 heteroatoms. The first kappa shape index (κ1) is 26.9. The SMILES string of the molecule is CCOc1cc(-c2nn(-c3ccccc3)c(C(=O)OC)c2C(=O)OC)ccc1OC(=O)c1ccc(OC)cc1. The minimum absolute atomic E-state index is 0.0846. The fraction of sp³-hybridized carbons (Fsp3) is 0.172. The molecule has 0 saturated heterocycles. The number of nitrogens with zero attached hydrogens (tertiary/aromatic N) is 2. The van der Waals surface area contributed by atoms with Gasteiger partial charge in [-0.05, 0) is 61.5 Å². The van der Waals surface area contributed by atoms with Crippen molar-refractivity contribution >= 4 is 17.9 Å². The molecule has 0 saturated carbocycles. The molecule has 3 aromatic carbocycles. The van der Waals surface area contributed by atoms with Crippen molar-refractivity contribution in [3.05, 3.63) is 89.6 Å². The van der Waals surface area contributed by atoms with E-state index in [0.29, 0.717) is 22.6 Å². The molecule has 0 N–H and O–H groups in total. The van der Waals surface area contributed by atoms with Crippen molar-refractivity contribution in [2.45, 2.75) is 6.92 Å². The predicted octanol–water partition coefficient (Wildman–Crippen LogP) is 4.74. The van der Waals surface area contributed by atoms with Crippen LogP contribution < -0.4 is 14.2 Å². The van der Waals surface area contributed by atoms with Gasteiger partial charge < -0.3 is 23.7 Å². The Morgan fingerprint density at radius 3 is 2.10 bits per heavy atom. The lowest BCUT2D eigenvalue weighted by atomic mass is 10.0. The first-order valence-electron chi connectivity index (χ1n) is 11.9. The normalized spacial score (nSPS) is 10.5. The zero-order valence-corrected chi connectivity index (χ0v) is 21.8. The molecule has 1 aromatic heterocycles. The molecule has 200 valence electrons. The molecule has 0 spiro atoms. The van der Waals surface area contributed by atoms with E-state index >= 15 is 0 Å². The van der Waals surface area contributed by atoms with Gasteiger partial charge in [-0.15, -0.1) is 0 Å². The maximum atomic E-state index is 12.9. The van der Waals surface area contributed by atoms with Crippen LogP contribution in [0.2, 0.25) is 0 Å². The van der Waals surface area contributed by atoms with Crippen LogP contribution in [0.15, 0.2) is 72.8 Å². The largest absolute Gasteiger partial charge is 0.497 e. The van der Waals surface area contributed by atoms with Crippen LogP contribution in [0.5, 0.6) is 17.2 Å². The average Bonchev–Trinajstić information content (AvgIpc) is 3.38. The molecule has 0 aliphatic rings. The Hall–Kier alpha value is -5.12. The lowest BCUT2D eigenvalue weighted by Crippen LogP contribution is -2.15. The zero-order valence-electron chi connectivity index (χ0n) is 21.8.